The van der Waals surface area contributed by atoms with Crippen LogP contribution in [0, 0.1) is 0 Å². The third-order valence-electron chi connectivity index (χ3n) is 3.06. The van der Waals surface area contributed by atoms with E-state index in [9.17, 15) is 0 Å². The van der Waals surface area contributed by atoms with Crippen molar-refractivity contribution < 1.29 is 4.74 Å². The average Bonchev–Trinajstić information content (AvgIpc) is 2.47. The molecule has 94 valence electrons. The lowest BCUT2D eigenvalue weighted by molar-refractivity contribution is 0.310. The number of fused-ring (bicyclic) bond motifs is 1. The minimum absolute atomic E-state index is 0.547. The van der Waals surface area contributed by atoms with Crippen molar-refractivity contribution in [3.05, 3.63) is 77.3 Å². The van der Waals surface area contributed by atoms with Gasteiger partial charge in [-0.15, -0.1) is 0 Å². The highest BCUT2D eigenvalue weighted by atomic mass is 35.5. The van der Waals surface area contributed by atoms with Gasteiger partial charge in [-0.25, -0.2) is 0 Å². The van der Waals surface area contributed by atoms with Gasteiger partial charge in [0, 0.05) is 10.4 Å². The maximum atomic E-state index is 5.90. The molecule has 0 spiro atoms. The van der Waals surface area contributed by atoms with Crippen molar-refractivity contribution in [1.82, 2.24) is 0 Å². The van der Waals surface area contributed by atoms with Crippen LogP contribution in [0.4, 0.5) is 0 Å². The van der Waals surface area contributed by atoms with E-state index in [2.05, 4.69) is 18.2 Å². The number of rotatable bonds is 3. The lowest BCUT2D eigenvalue weighted by atomic mass is 10.1. The Kier molecular flexibility index (Phi) is 3.39. The molecule has 0 saturated heterocycles. The van der Waals surface area contributed by atoms with Gasteiger partial charge in [-0.3, -0.25) is 0 Å². The number of hydrogen-bond donors (Lipinski definition) is 0. The van der Waals surface area contributed by atoms with Crippen molar-refractivity contribution in [2.24, 2.45) is 0 Å². The van der Waals surface area contributed by atoms with Gasteiger partial charge in [0.25, 0.3) is 0 Å². The van der Waals surface area contributed by atoms with E-state index < -0.39 is 0 Å². The van der Waals surface area contributed by atoms with Crippen molar-refractivity contribution in [3.63, 3.8) is 0 Å². The zero-order valence-electron chi connectivity index (χ0n) is 10.3. The van der Waals surface area contributed by atoms with Crippen molar-refractivity contribution in [2.45, 2.75) is 6.61 Å². The Labute approximate surface area is 117 Å². The summed E-state index contributed by atoms with van der Waals surface area (Å²) >= 11 is 5.87. The molecule has 3 aromatic carbocycles. The zero-order chi connectivity index (χ0) is 13.1. The molecule has 0 atom stereocenters. The normalized spacial score (nSPS) is 10.6. The summed E-state index contributed by atoms with van der Waals surface area (Å²) < 4.78 is 5.90. The molecule has 0 aromatic heterocycles. The third-order valence-corrected chi connectivity index (χ3v) is 3.31. The molecule has 0 aliphatic heterocycles. The van der Waals surface area contributed by atoms with Crippen LogP contribution in [0.5, 0.6) is 5.75 Å². The second-order valence-electron chi connectivity index (χ2n) is 4.39. The molecule has 0 heterocycles. The predicted molar refractivity (Wildman–Crippen MR) is 79.7 cm³/mol. The minimum Gasteiger partial charge on any atom is -0.488 e. The summed E-state index contributed by atoms with van der Waals surface area (Å²) in [6.07, 6.45) is 0. The van der Waals surface area contributed by atoms with Gasteiger partial charge >= 0.3 is 0 Å². The number of benzene rings is 3. The molecule has 0 aliphatic carbocycles. The topological polar surface area (TPSA) is 9.23 Å². The maximum absolute atomic E-state index is 5.90. The molecule has 1 nitrogen and oxygen atoms in total. The lowest BCUT2D eigenvalue weighted by Crippen LogP contribution is -1.95. The summed E-state index contributed by atoms with van der Waals surface area (Å²) in [4.78, 5) is 0. The van der Waals surface area contributed by atoms with Gasteiger partial charge in [-0.2, -0.15) is 0 Å². The van der Waals surface area contributed by atoms with Crippen LogP contribution in [0.25, 0.3) is 10.8 Å². The van der Waals surface area contributed by atoms with Gasteiger partial charge in [0.15, 0.2) is 0 Å². The Balaban J connectivity index is 1.84. The van der Waals surface area contributed by atoms with E-state index in [0.717, 1.165) is 21.7 Å². The molecule has 0 aliphatic rings. The number of halogens is 1. The zero-order valence-corrected chi connectivity index (χ0v) is 11.1. The van der Waals surface area contributed by atoms with Gasteiger partial charge in [0.05, 0.1) is 0 Å². The molecule has 2 heteroatoms. The molecule has 0 radical (unpaired) electrons. The van der Waals surface area contributed by atoms with E-state index in [1.54, 1.807) is 0 Å². The lowest BCUT2D eigenvalue weighted by Gasteiger charge is -2.09. The first-order valence-corrected chi connectivity index (χ1v) is 6.56. The monoisotopic (exact) mass is 268 g/mol. The molecular formula is C17H13ClO. The van der Waals surface area contributed by atoms with Crippen LogP contribution < -0.4 is 4.74 Å². The predicted octanol–water partition coefficient (Wildman–Crippen LogP) is 5.07. The largest absolute Gasteiger partial charge is 0.488 e. The molecule has 0 N–H and O–H groups in total. The Hall–Kier alpha value is -1.99. The fraction of sp³-hybridized carbons (Fsp3) is 0.0588. The first-order chi connectivity index (χ1) is 9.33. The van der Waals surface area contributed by atoms with Crippen molar-refractivity contribution in [2.75, 3.05) is 0 Å². The highest BCUT2D eigenvalue weighted by Crippen LogP contribution is 2.26. The first-order valence-electron chi connectivity index (χ1n) is 6.18. The molecule has 19 heavy (non-hydrogen) atoms. The van der Waals surface area contributed by atoms with Gasteiger partial charge in [-0.1, -0.05) is 60.1 Å². The van der Waals surface area contributed by atoms with E-state index in [0.29, 0.717) is 6.61 Å². The van der Waals surface area contributed by atoms with Gasteiger partial charge in [0.1, 0.15) is 12.4 Å². The fourth-order valence-corrected chi connectivity index (χ4v) is 2.19. The molecule has 0 bridgehead atoms. The molecule has 0 amide bonds. The van der Waals surface area contributed by atoms with Gasteiger partial charge < -0.3 is 4.74 Å². The SMILES string of the molecule is Clc1ccc(COc2cccc3ccccc23)cc1. The van der Waals surface area contributed by atoms with Crippen molar-refractivity contribution >= 4 is 22.4 Å². The average molecular weight is 269 g/mol. The maximum Gasteiger partial charge on any atom is 0.127 e. The molecule has 3 rings (SSSR count). The van der Waals surface area contributed by atoms with Crippen LogP contribution >= 0.6 is 11.6 Å². The minimum atomic E-state index is 0.547. The summed E-state index contributed by atoms with van der Waals surface area (Å²) in [6.45, 7) is 0.547. The van der Waals surface area contributed by atoms with Crippen LogP contribution in [0.2, 0.25) is 5.02 Å². The number of hydrogen-bond acceptors (Lipinski definition) is 1. The summed E-state index contributed by atoms with van der Waals surface area (Å²) in [6, 6.07) is 22.0. The molecule has 0 fully saturated rings. The second kappa shape index (κ2) is 5.33. The Morgan fingerprint density at radius 2 is 1.53 bits per heavy atom. The standard InChI is InChI=1S/C17H13ClO/c18-15-10-8-13(9-11-15)12-19-17-7-3-5-14-4-1-2-6-16(14)17/h1-11H,12H2. The van der Waals surface area contributed by atoms with Crippen LogP contribution in [0.15, 0.2) is 66.7 Å². The van der Waals surface area contributed by atoms with Crippen LogP contribution in [-0.4, -0.2) is 0 Å². The third kappa shape index (κ3) is 2.72. The van der Waals surface area contributed by atoms with Crippen molar-refractivity contribution in [3.8, 4) is 5.75 Å². The van der Waals surface area contributed by atoms with Gasteiger partial charge in [-0.05, 0) is 29.1 Å². The Bertz CT molecular complexity index is 684. The van der Waals surface area contributed by atoms with Crippen molar-refractivity contribution in [1.29, 1.82) is 0 Å². The summed E-state index contributed by atoms with van der Waals surface area (Å²) in [5.41, 5.74) is 1.11. The quantitative estimate of drug-likeness (QED) is 0.644. The van der Waals surface area contributed by atoms with Crippen LogP contribution in [-0.2, 0) is 6.61 Å². The van der Waals surface area contributed by atoms with Crippen LogP contribution in [0.1, 0.15) is 5.56 Å². The summed E-state index contributed by atoms with van der Waals surface area (Å²) in [5.74, 6) is 0.910. The number of ether oxygens (including phenoxy) is 1. The fourth-order valence-electron chi connectivity index (χ4n) is 2.06. The van der Waals surface area contributed by atoms with Crippen LogP contribution in [0.3, 0.4) is 0 Å². The van der Waals surface area contributed by atoms with E-state index in [-0.39, 0.29) is 0 Å². The van der Waals surface area contributed by atoms with E-state index in [1.807, 2.05) is 48.5 Å². The molecule has 0 saturated carbocycles. The molecular weight excluding hydrogens is 256 g/mol. The summed E-state index contributed by atoms with van der Waals surface area (Å²) in [7, 11) is 0. The Morgan fingerprint density at radius 1 is 0.789 bits per heavy atom. The smallest absolute Gasteiger partial charge is 0.127 e. The molecule has 3 aromatic rings. The highest BCUT2D eigenvalue weighted by Gasteiger charge is 2.01. The van der Waals surface area contributed by atoms with Gasteiger partial charge in [0.2, 0.25) is 0 Å². The van der Waals surface area contributed by atoms with E-state index in [4.69, 9.17) is 16.3 Å². The summed E-state index contributed by atoms with van der Waals surface area (Å²) in [5, 5.41) is 3.07. The van der Waals surface area contributed by atoms with E-state index in [1.165, 1.54) is 5.39 Å². The highest BCUT2D eigenvalue weighted by molar-refractivity contribution is 6.30. The van der Waals surface area contributed by atoms with E-state index >= 15 is 0 Å². The molecule has 0 unspecified atom stereocenters. The second-order valence-corrected chi connectivity index (χ2v) is 4.83. The Morgan fingerprint density at radius 3 is 2.37 bits per heavy atom. The first kappa shape index (κ1) is 12.1.